The van der Waals surface area contributed by atoms with Crippen LogP contribution in [0.1, 0.15) is 11.1 Å². The molecule has 3 aromatic carbocycles. The first-order chi connectivity index (χ1) is 13.9. The van der Waals surface area contributed by atoms with Crippen molar-refractivity contribution in [2.45, 2.75) is 13.2 Å². The van der Waals surface area contributed by atoms with Gasteiger partial charge >= 0.3 is 0 Å². The van der Waals surface area contributed by atoms with Crippen molar-refractivity contribution in [2.24, 2.45) is 5.16 Å². The lowest BCUT2D eigenvalue weighted by Crippen LogP contribution is -2.11. The average Bonchev–Trinajstić information content (AvgIpc) is 3.28. The second-order valence-corrected chi connectivity index (χ2v) is 6.48. The van der Waals surface area contributed by atoms with Crippen molar-refractivity contribution in [3.63, 3.8) is 0 Å². The molecule has 0 amide bonds. The number of hydrogen-bond acceptors (Lipinski definition) is 3. The molecule has 1 heterocycles. The molecule has 4 aromatic rings. The van der Waals surface area contributed by atoms with E-state index in [-0.39, 0.29) is 0 Å². The Morgan fingerprint density at radius 3 is 2.18 bits per heavy atom. The minimum Gasteiger partial charge on any atom is -0.391 e. The van der Waals surface area contributed by atoms with E-state index in [9.17, 15) is 0 Å². The van der Waals surface area contributed by atoms with Gasteiger partial charge in [0.15, 0.2) is 0 Å². The summed E-state index contributed by atoms with van der Waals surface area (Å²) in [6, 6.07) is 28.8. The van der Waals surface area contributed by atoms with Crippen LogP contribution in [0.3, 0.4) is 0 Å². The molecular weight excluding hydrogens is 346 g/mol. The molecule has 0 bridgehead atoms. The smallest absolute Gasteiger partial charge is 0.142 e. The largest absolute Gasteiger partial charge is 0.391 e. The van der Waals surface area contributed by atoms with Gasteiger partial charge in [-0.1, -0.05) is 90.1 Å². The van der Waals surface area contributed by atoms with Gasteiger partial charge in [-0.3, -0.25) is 0 Å². The maximum Gasteiger partial charge on any atom is 0.142 e. The molecule has 138 valence electrons. The van der Waals surface area contributed by atoms with Crippen LogP contribution in [0.15, 0.2) is 109 Å². The summed E-state index contributed by atoms with van der Waals surface area (Å²) in [5.41, 5.74) is 5.38. The Hall–Kier alpha value is -3.66. The average molecular weight is 367 g/mol. The highest BCUT2D eigenvalue weighted by molar-refractivity contribution is 6.00. The Morgan fingerprint density at radius 1 is 0.821 bits per heavy atom. The van der Waals surface area contributed by atoms with Gasteiger partial charge in [-0.25, -0.2) is 4.98 Å². The van der Waals surface area contributed by atoms with Crippen LogP contribution in [-0.4, -0.2) is 15.3 Å². The molecule has 4 nitrogen and oxygen atoms in total. The van der Waals surface area contributed by atoms with E-state index in [1.54, 1.807) is 12.5 Å². The normalized spacial score (nSPS) is 11.4. The van der Waals surface area contributed by atoms with E-state index in [2.05, 4.69) is 46.5 Å². The summed E-state index contributed by atoms with van der Waals surface area (Å²) in [6.07, 6.45) is 5.46. The van der Waals surface area contributed by atoms with Gasteiger partial charge in [0.1, 0.15) is 12.3 Å². The van der Waals surface area contributed by atoms with Crippen molar-refractivity contribution < 1.29 is 4.84 Å². The fourth-order valence-corrected chi connectivity index (χ4v) is 2.97. The summed E-state index contributed by atoms with van der Waals surface area (Å²) in [5.74, 6) is 0. The van der Waals surface area contributed by atoms with Gasteiger partial charge in [-0.15, -0.1) is 0 Å². The predicted molar refractivity (Wildman–Crippen MR) is 112 cm³/mol. The number of nitrogens with zero attached hydrogens (tertiary/aromatic N) is 3. The van der Waals surface area contributed by atoms with Crippen LogP contribution in [0.4, 0.5) is 0 Å². The Bertz CT molecular complexity index is 1010. The third-order valence-electron chi connectivity index (χ3n) is 4.47. The Kier molecular flexibility index (Phi) is 5.59. The quantitative estimate of drug-likeness (QED) is 0.334. The molecule has 28 heavy (non-hydrogen) atoms. The minimum atomic E-state index is 0.426. The maximum atomic E-state index is 5.68. The lowest BCUT2D eigenvalue weighted by Gasteiger charge is -2.08. The van der Waals surface area contributed by atoms with Crippen molar-refractivity contribution >= 4 is 5.71 Å². The van der Waals surface area contributed by atoms with Gasteiger partial charge in [0, 0.05) is 18.0 Å². The van der Waals surface area contributed by atoms with Gasteiger partial charge in [0.25, 0.3) is 0 Å². The van der Waals surface area contributed by atoms with Gasteiger partial charge in [-0.05, 0) is 16.7 Å². The number of oxime groups is 1. The molecule has 0 atom stereocenters. The van der Waals surface area contributed by atoms with Crippen LogP contribution in [-0.2, 0) is 18.0 Å². The summed E-state index contributed by atoms with van der Waals surface area (Å²) in [4.78, 5) is 9.78. The van der Waals surface area contributed by atoms with Crippen molar-refractivity contribution in [3.05, 3.63) is 115 Å². The lowest BCUT2D eigenvalue weighted by molar-refractivity contribution is 0.130. The zero-order valence-electron chi connectivity index (χ0n) is 15.5. The van der Waals surface area contributed by atoms with Crippen LogP contribution in [0, 0.1) is 0 Å². The fourth-order valence-electron chi connectivity index (χ4n) is 2.97. The molecule has 0 N–H and O–H groups in total. The number of hydrogen-bond donors (Lipinski definition) is 0. The first-order valence-electron chi connectivity index (χ1n) is 9.23. The predicted octanol–water partition coefficient (Wildman–Crippen LogP) is 5.17. The van der Waals surface area contributed by atoms with Gasteiger partial charge < -0.3 is 9.40 Å². The van der Waals surface area contributed by atoms with E-state index in [1.165, 1.54) is 11.1 Å². The van der Waals surface area contributed by atoms with Crippen molar-refractivity contribution in [1.82, 2.24) is 9.55 Å². The summed E-state index contributed by atoms with van der Waals surface area (Å²) in [7, 11) is 0. The standard InChI is InChI=1S/C24H21N3O/c1-3-7-21(8-4-1)22-13-11-20(12-14-22)18-28-26-24(17-27-16-15-25-19-27)23-9-5-2-6-10-23/h1-16,19H,17-18H2/b26-24-. The monoisotopic (exact) mass is 367 g/mol. The van der Waals surface area contributed by atoms with Crippen LogP contribution >= 0.6 is 0 Å². The third-order valence-corrected chi connectivity index (χ3v) is 4.47. The van der Waals surface area contributed by atoms with E-state index in [0.717, 1.165) is 16.8 Å². The zero-order chi connectivity index (χ0) is 19.0. The van der Waals surface area contributed by atoms with E-state index in [0.29, 0.717) is 13.2 Å². The van der Waals surface area contributed by atoms with Crippen LogP contribution in [0.2, 0.25) is 0 Å². The summed E-state index contributed by atoms with van der Waals surface area (Å²) >= 11 is 0. The molecule has 0 aliphatic carbocycles. The Morgan fingerprint density at radius 2 is 1.50 bits per heavy atom. The van der Waals surface area contributed by atoms with Gasteiger partial charge in [-0.2, -0.15) is 0 Å². The molecule has 0 unspecified atom stereocenters. The number of aromatic nitrogens is 2. The highest BCUT2D eigenvalue weighted by atomic mass is 16.6. The lowest BCUT2D eigenvalue weighted by atomic mass is 10.0. The molecule has 1 aromatic heterocycles. The molecule has 0 saturated carbocycles. The van der Waals surface area contributed by atoms with Crippen molar-refractivity contribution in [2.75, 3.05) is 0 Å². The second-order valence-electron chi connectivity index (χ2n) is 6.48. The van der Waals surface area contributed by atoms with Crippen LogP contribution < -0.4 is 0 Å². The molecule has 0 fully saturated rings. The molecule has 4 heteroatoms. The van der Waals surface area contributed by atoms with E-state index in [1.807, 2.05) is 59.3 Å². The molecule has 0 radical (unpaired) electrons. The molecule has 0 aliphatic heterocycles. The molecular formula is C24H21N3O. The molecule has 4 rings (SSSR count). The topological polar surface area (TPSA) is 39.4 Å². The zero-order valence-corrected chi connectivity index (χ0v) is 15.5. The summed E-state index contributed by atoms with van der Waals surface area (Å²) in [6.45, 7) is 1.03. The summed E-state index contributed by atoms with van der Waals surface area (Å²) in [5, 5.41) is 4.41. The second kappa shape index (κ2) is 8.82. The van der Waals surface area contributed by atoms with E-state index in [4.69, 9.17) is 4.84 Å². The van der Waals surface area contributed by atoms with Crippen molar-refractivity contribution in [3.8, 4) is 11.1 Å². The third kappa shape index (κ3) is 4.54. The van der Waals surface area contributed by atoms with E-state index >= 15 is 0 Å². The molecule has 0 aliphatic rings. The maximum absolute atomic E-state index is 5.68. The first-order valence-corrected chi connectivity index (χ1v) is 9.23. The first kappa shape index (κ1) is 17.7. The Labute approximate surface area is 164 Å². The molecule has 0 spiro atoms. The number of rotatable bonds is 7. The Balaban J connectivity index is 1.45. The van der Waals surface area contributed by atoms with E-state index < -0.39 is 0 Å². The molecule has 0 saturated heterocycles. The van der Waals surface area contributed by atoms with Crippen LogP contribution in [0.5, 0.6) is 0 Å². The highest BCUT2D eigenvalue weighted by Gasteiger charge is 2.06. The SMILES string of the molecule is c1ccc(/C(Cn2ccnc2)=N\OCc2ccc(-c3ccccc3)cc2)cc1. The highest BCUT2D eigenvalue weighted by Crippen LogP contribution is 2.19. The minimum absolute atomic E-state index is 0.426. The number of imidazole rings is 1. The van der Waals surface area contributed by atoms with Crippen molar-refractivity contribution in [1.29, 1.82) is 0 Å². The fraction of sp³-hybridized carbons (Fsp3) is 0.0833. The van der Waals surface area contributed by atoms with Gasteiger partial charge in [0.2, 0.25) is 0 Å². The number of benzene rings is 3. The van der Waals surface area contributed by atoms with Crippen LogP contribution in [0.25, 0.3) is 11.1 Å². The van der Waals surface area contributed by atoms with Gasteiger partial charge in [0.05, 0.1) is 12.9 Å². The summed E-state index contributed by atoms with van der Waals surface area (Å²) < 4.78 is 1.98.